The number of nitrogens with one attached hydrogen (secondary N) is 1. The second-order valence-electron chi connectivity index (χ2n) is 7.15. The number of carbonyl (C=O) groups excluding carboxylic acids is 1. The van der Waals surface area contributed by atoms with Crippen LogP contribution in [0.2, 0.25) is 0 Å². The van der Waals surface area contributed by atoms with Crippen LogP contribution in [0, 0.1) is 13.5 Å². The van der Waals surface area contributed by atoms with Crippen molar-refractivity contribution in [3.8, 4) is 0 Å². The predicted octanol–water partition coefficient (Wildman–Crippen LogP) is 2.86. The van der Waals surface area contributed by atoms with Gasteiger partial charge in [-0.2, -0.15) is 0 Å². The molecule has 9 nitrogen and oxygen atoms in total. The molecule has 3 heterocycles. The molecule has 3 N–H and O–H groups in total. The van der Waals surface area contributed by atoms with Crippen LogP contribution in [-0.4, -0.2) is 43.3 Å². The molecule has 1 aliphatic rings. The summed E-state index contributed by atoms with van der Waals surface area (Å²) in [5.41, 5.74) is 0.657. The van der Waals surface area contributed by atoms with Gasteiger partial charge >= 0.3 is 0 Å². The van der Waals surface area contributed by atoms with Crippen molar-refractivity contribution in [3.63, 3.8) is 0 Å². The van der Waals surface area contributed by atoms with Crippen LogP contribution in [-0.2, 0) is 10.0 Å². The number of sulfonamides is 1. The zero-order valence-electron chi connectivity index (χ0n) is 16.6. The largest absolute Gasteiger partial charge is 0.356 e. The number of nitrogens with two attached hydrogens (primary N) is 1. The molecule has 1 aliphatic heterocycles. The molecule has 0 aliphatic carbocycles. The van der Waals surface area contributed by atoms with E-state index in [0.29, 0.717) is 5.69 Å². The number of halogens is 2. The smallest absolute Gasteiger partial charge is 0.258 e. The molecule has 2 aromatic rings. The van der Waals surface area contributed by atoms with E-state index in [-0.39, 0.29) is 55.1 Å². The van der Waals surface area contributed by atoms with E-state index in [9.17, 15) is 22.0 Å². The second kappa shape index (κ2) is 8.52. The molecule has 2 aromatic heterocycles. The van der Waals surface area contributed by atoms with Crippen LogP contribution < -0.4 is 15.4 Å². The molecule has 1 amide bonds. The van der Waals surface area contributed by atoms with Gasteiger partial charge < -0.3 is 10.2 Å². The molecule has 12 heteroatoms. The van der Waals surface area contributed by atoms with E-state index in [1.165, 1.54) is 18.3 Å². The van der Waals surface area contributed by atoms with Crippen LogP contribution in [0.3, 0.4) is 0 Å². The Morgan fingerprint density at radius 2 is 2.06 bits per heavy atom. The van der Waals surface area contributed by atoms with E-state index in [2.05, 4.69) is 20.1 Å². The number of hydrogen-bond donors (Lipinski definition) is 2. The van der Waals surface area contributed by atoms with Crippen molar-refractivity contribution < 1.29 is 22.0 Å². The number of alkyl halides is 2. The highest BCUT2D eigenvalue weighted by Crippen LogP contribution is 2.33. The molecule has 1 fully saturated rings. The summed E-state index contributed by atoms with van der Waals surface area (Å²) in [6.45, 7) is 9.18. The topological polar surface area (TPSA) is 123 Å². The maximum Gasteiger partial charge on any atom is 0.258 e. The van der Waals surface area contributed by atoms with Crippen molar-refractivity contribution in [2.45, 2.75) is 37.1 Å². The third kappa shape index (κ3) is 5.31. The van der Waals surface area contributed by atoms with Crippen molar-refractivity contribution in [1.29, 1.82) is 0 Å². The Labute approximate surface area is 178 Å². The Balaban J connectivity index is 1.98. The van der Waals surface area contributed by atoms with Gasteiger partial charge in [-0.15, -0.1) is 0 Å². The normalized spacial score (nSPS) is 16.3. The fourth-order valence-electron chi connectivity index (χ4n) is 3.22. The summed E-state index contributed by atoms with van der Waals surface area (Å²) in [4.78, 5) is 26.0. The van der Waals surface area contributed by atoms with E-state index in [4.69, 9.17) is 11.7 Å². The lowest BCUT2D eigenvalue weighted by Crippen LogP contribution is -2.29. The average molecular weight is 450 g/mol. The molecular weight excluding hydrogens is 430 g/mol. The van der Waals surface area contributed by atoms with Gasteiger partial charge in [0.25, 0.3) is 15.9 Å². The molecule has 0 radical (unpaired) electrons. The highest BCUT2D eigenvalue weighted by atomic mass is 32.2. The Bertz CT molecular complexity index is 1160. The zero-order chi connectivity index (χ0) is 22.8. The summed E-state index contributed by atoms with van der Waals surface area (Å²) in [5.74, 6) is -3.26. The van der Waals surface area contributed by atoms with Crippen LogP contribution >= 0.6 is 0 Å². The lowest BCUT2D eigenvalue weighted by atomic mass is 10.1. The molecule has 0 spiro atoms. The Morgan fingerprint density at radius 1 is 1.32 bits per heavy atom. The maximum atomic E-state index is 13.8. The molecule has 0 unspecified atom stereocenters. The van der Waals surface area contributed by atoms with E-state index >= 15 is 0 Å². The van der Waals surface area contributed by atoms with E-state index in [1.54, 1.807) is 11.8 Å². The van der Waals surface area contributed by atoms with E-state index in [0.717, 1.165) is 6.07 Å². The van der Waals surface area contributed by atoms with Gasteiger partial charge in [-0.1, -0.05) is 0 Å². The van der Waals surface area contributed by atoms with Crippen LogP contribution in [0.25, 0.3) is 4.85 Å². The molecule has 0 bridgehead atoms. The molecule has 0 atom stereocenters. The van der Waals surface area contributed by atoms with E-state index in [1.807, 2.05) is 0 Å². The van der Waals surface area contributed by atoms with Crippen molar-refractivity contribution in [2.75, 3.05) is 23.3 Å². The van der Waals surface area contributed by atoms with Crippen molar-refractivity contribution >= 4 is 33.1 Å². The van der Waals surface area contributed by atoms with Crippen molar-refractivity contribution in [2.24, 2.45) is 5.14 Å². The Morgan fingerprint density at radius 3 is 2.74 bits per heavy atom. The number of hydrogen-bond acceptors (Lipinski definition) is 6. The minimum absolute atomic E-state index is 0.00189. The van der Waals surface area contributed by atoms with Crippen molar-refractivity contribution in [3.05, 3.63) is 47.1 Å². The number of primary sulfonamides is 1. The third-order valence-corrected chi connectivity index (χ3v) is 5.64. The number of carbonyl (C=O) groups is 1. The predicted molar refractivity (Wildman–Crippen MR) is 110 cm³/mol. The first kappa shape index (κ1) is 22.5. The van der Waals surface area contributed by atoms with Crippen LogP contribution in [0.1, 0.15) is 35.3 Å². The Hall–Kier alpha value is -3.17. The highest BCUT2D eigenvalue weighted by molar-refractivity contribution is 7.89. The molecule has 1 saturated heterocycles. The number of pyridine rings is 2. The summed E-state index contributed by atoms with van der Waals surface area (Å²) in [7, 11) is -4.08. The van der Waals surface area contributed by atoms with Gasteiger partial charge in [0.1, 0.15) is 5.82 Å². The Kier molecular flexibility index (Phi) is 6.19. The monoisotopic (exact) mass is 450 g/mol. The van der Waals surface area contributed by atoms with Gasteiger partial charge in [-0.25, -0.2) is 37.2 Å². The first-order valence-corrected chi connectivity index (χ1v) is 10.9. The fraction of sp³-hybridized carbons (Fsp3) is 0.368. The van der Waals surface area contributed by atoms with Gasteiger partial charge in [0.05, 0.1) is 12.1 Å². The standard InChI is InChI=1S/C19H20F2N6O3S/c1-12-15(23-2)11-14(17(25-12)27-8-3-5-19(20,21)6-9-27)18(28)26-13-4-7-24-16(10-13)31(22,29)30/h4,7,10-11H,3,5-6,8-9H2,1H3,(H2,22,29,30)(H,24,26,28). The number of anilines is 2. The number of rotatable bonds is 4. The van der Waals surface area contributed by atoms with Crippen LogP contribution in [0.4, 0.5) is 26.0 Å². The SMILES string of the molecule is [C-]#[N+]c1cc(C(=O)Nc2ccnc(S(N)(=O)=O)c2)c(N2CCCC(F)(F)CC2)nc1C. The minimum atomic E-state index is -4.08. The first-order chi connectivity index (χ1) is 14.5. The minimum Gasteiger partial charge on any atom is -0.356 e. The zero-order valence-corrected chi connectivity index (χ0v) is 17.4. The lowest BCUT2D eigenvalue weighted by Gasteiger charge is -2.25. The maximum absolute atomic E-state index is 13.8. The van der Waals surface area contributed by atoms with Gasteiger partial charge in [-0.3, -0.25) is 4.79 Å². The number of amides is 1. The molecule has 31 heavy (non-hydrogen) atoms. The lowest BCUT2D eigenvalue weighted by molar-refractivity contribution is -0.0102. The van der Waals surface area contributed by atoms with E-state index < -0.39 is 26.9 Å². The summed E-state index contributed by atoms with van der Waals surface area (Å²) >= 11 is 0. The molecular formula is C19H20F2N6O3S. The fourth-order valence-corrected chi connectivity index (χ4v) is 3.72. The summed E-state index contributed by atoms with van der Waals surface area (Å²) < 4.78 is 50.6. The summed E-state index contributed by atoms with van der Waals surface area (Å²) in [6.07, 6.45) is 0.769. The average Bonchev–Trinajstić information content (AvgIpc) is 2.87. The third-order valence-electron chi connectivity index (χ3n) is 4.83. The van der Waals surface area contributed by atoms with Crippen LogP contribution in [0.5, 0.6) is 0 Å². The molecule has 0 saturated carbocycles. The first-order valence-electron chi connectivity index (χ1n) is 9.32. The number of nitrogens with zero attached hydrogens (tertiary/aromatic N) is 4. The molecule has 164 valence electrons. The van der Waals surface area contributed by atoms with Gasteiger partial charge in [-0.05, 0) is 25.5 Å². The summed E-state index contributed by atoms with van der Waals surface area (Å²) in [6, 6.07) is 3.82. The molecule has 3 rings (SSSR count). The van der Waals surface area contributed by atoms with Crippen molar-refractivity contribution in [1.82, 2.24) is 9.97 Å². The van der Waals surface area contributed by atoms with Gasteiger partial charge in [0.2, 0.25) is 11.6 Å². The van der Waals surface area contributed by atoms with Gasteiger partial charge in [0.15, 0.2) is 5.03 Å². The highest BCUT2D eigenvalue weighted by Gasteiger charge is 2.33. The second-order valence-corrected chi connectivity index (χ2v) is 8.66. The van der Waals surface area contributed by atoms with Gasteiger partial charge in [0, 0.05) is 49.6 Å². The van der Waals surface area contributed by atoms with Crippen LogP contribution in [0.15, 0.2) is 29.4 Å². The number of aryl methyl sites for hydroxylation is 1. The quantitative estimate of drug-likeness (QED) is 0.691. The molecule has 0 aromatic carbocycles. The number of aromatic nitrogens is 2. The summed E-state index contributed by atoms with van der Waals surface area (Å²) in [5, 5.41) is 7.18.